The summed E-state index contributed by atoms with van der Waals surface area (Å²) < 4.78 is 1.55. The molecule has 6 nitrogen and oxygen atoms in total. The molecule has 1 N–H and O–H groups in total. The molecule has 0 atom stereocenters. The molecule has 0 bridgehead atoms. The van der Waals surface area contributed by atoms with Gasteiger partial charge in [-0.25, -0.2) is 4.68 Å². The minimum Gasteiger partial charge on any atom is -0.351 e. The second-order valence-electron chi connectivity index (χ2n) is 3.10. The highest BCUT2D eigenvalue weighted by Crippen LogP contribution is 2.13. The van der Waals surface area contributed by atoms with Crippen molar-refractivity contribution in [2.45, 2.75) is 6.92 Å². The maximum Gasteiger partial charge on any atom is 0.272 e. The van der Waals surface area contributed by atoms with Crippen molar-refractivity contribution in [2.24, 2.45) is 7.05 Å². The van der Waals surface area contributed by atoms with Gasteiger partial charge in [0.25, 0.3) is 5.91 Å². The number of amides is 1. The monoisotopic (exact) mass is 205 g/mol. The fourth-order valence-electron chi connectivity index (χ4n) is 1.41. The summed E-state index contributed by atoms with van der Waals surface area (Å²) >= 11 is 0. The first-order chi connectivity index (χ1) is 7.24. The average molecular weight is 205 g/mol. The number of carbonyl (C=O) groups is 1. The van der Waals surface area contributed by atoms with Gasteiger partial charge in [-0.05, 0) is 13.0 Å². The van der Waals surface area contributed by atoms with Gasteiger partial charge < -0.3 is 5.32 Å². The van der Waals surface area contributed by atoms with Gasteiger partial charge in [0.05, 0.1) is 11.6 Å². The highest BCUT2D eigenvalue weighted by atomic mass is 16.1. The molecule has 15 heavy (non-hydrogen) atoms. The molecule has 0 saturated heterocycles. The van der Waals surface area contributed by atoms with Crippen LogP contribution in [-0.2, 0) is 7.05 Å². The molecule has 0 aliphatic heterocycles. The SMILES string of the molecule is CCNC(=O)c1nn(C)c2nnccc12. The van der Waals surface area contributed by atoms with Crippen LogP contribution in [0.2, 0.25) is 0 Å². The van der Waals surface area contributed by atoms with Gasteiger partial charge in [-0.3, -0.25) is 4.79 Å². The number of fused-ring (bicyclic) bond motifs is 1. The lowest BCUT2D eigenvalue weighted by Gasteiger charge is -1.97. The third kappa shape index (κ3) is 1.54. The first kappa shape index (κ1) is 9.57. The van der Waals surface area contributed by atoms with Gasteiger partial charge >= 0.3 is 0 Å². The first-order valence-corrected chi connectivity index (χ1v) is 4.66. The quantitative estimate of drug-likeness (QED) is 0.755. The minimum absolute atomic E-state index is 0.184. The molecule has 1 amide bonds. The van der Waals surface area contributed by atoms with E-state index in [1.54, 1.807) is 24.0 Å². The van der Waals surface area contributed by atoms with Crippen molar-refractivity contribution >= 4 is 16.9 Å². The number of aromatic nitrogens is 4. The number of hydrogen-bond donors (Lipinski definition) is 1. The number of carbonyl (C=O) groups excluding carboxylic acids is 1. The van der Waals surface area contributed by atoms with Crippen LogP contribution in [-0.4, -0.2) is 32.4 Å². The smallest absolute Gasteiger partial charge is 0.272 e. The van der Waals surface area contributed by atoms with Gasteiger partial charge in [-0.2, -0.15) is 10.2 Å². The van der Waals surface area contributed by atoms with E-state index >= 15 is 0 Å². The van der Waals surface area contributed by atoms with Gasteiger partial charge in [-0.1, -0.05) is 0 Å². The lowest BCUT2D eigenvalue weighted by Crippen LogP contribution is -2.23. The van der Waals surface area contributed by atoms with E-state index in [-0.39, 0.29) is 5.91 Å². The Kier molecular flexibility index (Phi) is 2.32. The van der Waals surface area contributed by atoms with Crippen LogP contribution in [0.5, 0.6) is 0 Å². The summed E-state index contributed by atoms with van der Waals surface area (Å²) in [5.74, 6) is -0.184. The fourth-order valence-corrected chi connectivity index (χ4v) is 1.41. The lowest BCUT2D eigenvalue weighted by molar-refractivity contribution is 0.0951. The molecule has 78 valence electrons. The summed E-state index contributed by atoms with van der Waals surface area (Å²) in [5, 5.41) is 15.2. The zero-order chi connectivity index (χ0) is 10.8. The van der Waals surface area contributed by atoms with Crippen molar-refractivity contribution in [3.63, 3.8) is 0 Å². The average Bonchev–Trinajstić information content (AvgIpc) is 2.58. The fraction of sp³-hybridized carbons (Fsp3) is 0.333. The van der Waals surface area contributed by atoms with E-state index in [9.17, 15) is 4.79 Å². The number of hydrogen-bond acceptors (Lipinski definition) is 4. The Hall–Kier alpha value is -1.98. The molecule has 2 heterocycles. The zero-order valence-corrected chi connectivity index (χ0v) is 8.56. The van der Waals surface area contributed by atoms with Crippen molar-refractivity contribution < 1.29 is 4.79 Å². The summed E-state index contributed by atoms with van der Waals surface area (Å²) in [4.78, 5) is 11.6. The van der Waals surface area contributed by atoms with E-state index in [2.05, 4.69) is 20.6 Å². The van der Waals surface area contributed by atoms with Crippen LogP contribution in [0, 0.1) is 0 Å². The molecular weight excluding hydrogens is 194 g/mol. The lowest BCUT2D eigenvalue weighted by atomic mass is 10.3. The van der Waals surface area contributed by atoms with Crippen molar-refractivity contribution in [3.05, 3.63) is 18.0 Å². The van der Waals surface area contributed by atoms with Crippen LogP contribution in [0.15, 0.2) is 12.3 Å². The van der Waals surface area contributed by atoms with Crippen LogP contribution < -0.4 is 5.32 Å². The van der Waals surface area contributed by atoms with Crippen LogP contribution in [0.4, 0.5) is 0 Å². The molecule has 0 aromatic carbocycles. The molecule has 2 aromatic rings. The Labute approximate surface area is 86.3 Å². The summed E-state index contributed by atoms with van der Waals surface area (Å²) in [6.07, 6.45) is 1.55. The largest absolute Gasteiger partial charge is 0.351 e. The molecule has 0 radical (unpaired) electrons. The summed E-state index contributed by atoms with van der Waals surface area (Å²) in [5.41, 5.74) is 1.00. The van der Waals surface area contributed by atoms with E-state index in [0.717, 1.165) is 5.39 Å². The van der Waals surface area contributed by atoms with Crippen molar-refractivity contribution in [3.8, 4) is 0 Å². The zero-order valence-electron chi connectivity index (χ0n) is 8.56. The third-order valence-electron chi connectivity index (χ3n) is 2.07. The molecule has 2 aromatic heterocycles. The number of aryl methyl sites for hydroxylation is 1. The van der Waals surface area contributed by atoms with Gasteiger partial charge in [0.2, 0.25) is 0 Å². The van der Waals surface area contributed by atoms with Crippen molar-refractivity contribution in [1.29, 1.82) is 0 Å². The summed E-state index contributed by atoms with van der Waals surface area (Å²) in [6, 6.07) is 1.74. The van der Waals surface area contributed by atoms with E-state index in [0.29, 0.717) is 17.9 Å². The Morgan fingerprint density at radius 1 is 1.60 bits per heavy atom. The molecule has 0 aliphatic rings. The van der Waals surface area contributed by atoms with Gasteiger partial charge in [0.1, 0.15) is 0 Å². The number of rotatable bonds is 2. The maximum atomic E-state index is 11.6. The summed E-state index contributed by atoms with van der Waals surface area (Å²) in [6.45, 7) is 2.44. The van der Waals surface area contributed by atoms with E-state index in [4.69, 9.17) is 0 Å². The molecule has 0 saturated carbocycles. The molecule has 0 aliphatic carbocycles. The summed E-state index contributed by atoms with van der Waals surface area (Å²) in [7, 11) is 1.74. The second-order valence-corrected chi connectivity index (χ2v) is 3.10. The maximum absolute atomic E-state index is 11.6. The van der Waals surface area contributed by atoms with Crippen LogP contribution in [0.25, 0.3) is 11.0 Å². The van der Waals surface area contributed by atoms with E-state index < -0.39 is 0 Å². The van der Waals surface area contributed by atoms with Crippen LogP contribution in [0.3, 0.4) is 0 Å². The Morgan fingerprint density at radius 2 is 2.40 bits per heavy atom. The highest BCUT2D eigenvalue weighted by molar-refractivity contribution is 6.03. The first-order valence-electron chi connectivity index (χ1n) is 4.66. The van der Waals surface area contributed by atoms with Crippen molar-refractivity contribution in [2.75, 3.05) is 6.54 Å². The number of nitrogens with zero attached hydrogens (tertiary/aromatic N) is 4. The standard InChI is InChI=1S/C9H11N5O/c1-3-10-9(15)7-6-4-5-11-12-8(6)14(2)13-7/h4-5H,3H2,1-2H3,(H,10,15). The highest BCUT2D eigenvalue weighted by Gasteiger charge is 2.15. The predicted octanol–water partition coefficient (Wildman–Crippen LogP) is 0.113. The molecule has 6 heteroatoms. The van der Waals surface area contributed by atoms with E-state index in [1.165, 1.54) is 0 Å². The molecule has 0 fully saturated rings. The van der Waals surface area contributed by atoms with Crippen molar-refractivity contribution in [1.82, 2.24) is 25.3 Å². The molecule has 0 unspecified atom stereocenters. The third-order valence-corrected chi connectivity index (χ3v) is 2.07. The van der Waals surface area contributed by atoms with Crippen LogP contribution in [0.1, 0.15) is 17.4 Å². The van der Waals surface area contributed by atoms with Gasteiger partial charge in [0.15, 0.2) is 11.3 Å². The Bertz CT molecular complexity index is 504. The van der Waals surface area contributed by atoms with E-state index in [1.807, 2.05) is 6.92 Å². The molecule has 2 rings (SSSR count). The Morgan fingerprint density at radius 3 is 3.13 bits per heavy atom. The normalized spacial score (nSPS) is 10.5. The van der Waals surface area contributed by atoms with Gasteiger partial charge in [0, 0.05) is 13.6 Å². The second kappa shape index (κ2) is 3.64. The topological polar surface area (TPSA) is 72.7 Å². The molecule has 0 spiro atoms. The van der Waals surface area contributed by atoms with Gasteiger partial charge in [-0.15, -0.1) is 5.10 Å². The Balaban J connectivity index is 2.57. The predicted molar refractivity (Wildman–Crippen MR) is 54.3 cm³/mol. The minimum atomic E-state index is -0.184. The molecular formula is C9H11N5O. The van der Waals surface area contributed by atoms with Crippen LogP contribution >= 0.6 is 0 Å². The number of nitrogens with one attached hydrogen (secondary N) is 1.